The molecule has 2 aromatic carbocycles. The maximum atomic E-state index is 12.4. The Hall–Kier alpha value is -1.71. The Morgan fingerprint density at radius 3 is 2.65 bits per heavy atom. The highest BCUT2D eigenvalue weighted by molar-refractivity contribution is 6.35. The van der Waals surface area contributed by atoms with E-state index in [4.69, 9.17) is 27.9 Å². The van der Waals surface area contributed by atoms with Gasteiger partial charge in [-0.25, -0.2) is 0 Å². The second kappa shape index (κ2) is 7.71. The van der Waals surface area contributed by atoms with E-state index < -0.39 is 6.10 Å². The minimum atomic E-state index is -0.682. The zero-order valence-electron chi connectivity index (χ0n) is 13.3. The van der Waals surface area contributed by atoms with Crippen LogP contribution in [0.1, 0.15) is 25.0 Å². The summed E-state index contributed by atoms with van der Waals surface area (Å²) in [7, 11) is 0. The van der Waals surface area contributed by atoms with Crippen molar-refractivity contribution in [3.05, 3.63) is 57.6 Å². The predicted molar refractivity (Wildman–Crippen MR) is 95.7 cm³/mol. The lowest BCUT2D eigenvalue weighted by Crippen LogP contribution is -2.30. The van der Waals surface area contributed by atoms with E-state index in [1.807, 2.05) is 25.1 Å². The Morgan fingerprint density at radius 2 is 2.00 bits per heavy atom. The maximum Gasteiger partial charge on any atom is 0.265 e. The van der Waals surface area contributed by atoms with Crippen molar-refractivity contribution < 1.29 is 9.53 Å². The van der Waals surface area contributed by atoms with Crippen LogP contribution in [0.4, 0.5) is 5.69 Å². The molecule has 2 rings (SSSR count). The van der Waals surface area contributed by atoms with E-state index in [-0.39, 0.29) is 5.91 Å². The molecule has 23 heavy (non-hydrogen) atoms. The lowest BCUT2D eigenvalue weighted by atomic mass is 10.1. The second-order valence-electron chi connectivity index (χ2n) is 5.29. The van der Waals surface area contributed by atoms with Crippen molar-refractivity contribution in [3.8, 4) is 5.75 Å². The van der Waals surface area contributed by atoms with Gasteiger partial charge >= 0.3 is 0 Å². The Labute approximate surface area is 146 Å². The Morgan fingerprint density at radius 1 is 1.26 bits per heavy atom. The van der Waals surface area contributed by atoms with E-state index in [0.717, 1.165) is 23.2 Å². The third kappa shape index (κ3) is 4.40. The normalized spacial score (nSPS) is 11.9. The molecule has 0 spiro atoms. The van der Waals surface area contributed by atoms with E-state index in [9.17, 15) is 4.79 Å². The number of anilines is 1. The first-order chi connectivity index (χ1) is 10.9. The number of carbonyl (C=O) groups is 1. The minimum absolute atomic E-state index is 0.222. The number of ether oxygens (including phenoxy) is 1. The van der Waals surface area contributed by atoms with E-state index >= 15 is 0 Å². The van der Waals surface area contributed by atoms with Gasteiger partial charge in [0.2, 0.25) is 0 Å². The summed E-state index contributed by atoms with van der Waals surface area (Å²) < 4.78 is 5.64. The van der Waals surface area contributed by atoms with Gasteiger partial charge in [-0.15, -0.1) is 0 Å². The van der Waals surface area contributed by atoms with Gasteiger partial charge in [-0.1, -0.05) is 48.3 Å². The predicted octanol–water partition coefficient (Wildman–Crippen LogP) is 5.27. The largest absolute Gasteiger partial charge is 0.479 e. The fraction of sp³-hybridized carbons (Fsp3) is 0.278. The number of nitrogens with one attached hydrogen (secondary N) is 1. The number of hydrogen-bond donors (Lipinski definition) is 1. The Kier molecular flexibility index (Phi) is 5.91. The Balaban J connectivity index is 2.12. The maximum absolute atomic E-state index is 12.4. The van der Waals surface area contributed by atoms with Crippen LogP contribution in [0.5, 0.6) is 5.75 Å². The first-order valence-electron chi connectivity index (χ1n) is 7.43. The van der Waals surface area contributed by atoms with E-state index in [1.165, 1.54) is 0 Å². The van der Waals surface area contributed by atoms with Crippen LogP contribution >= 0.6 is 23.2 Å². The topological polar surface area (TPSA) is 38.3 Å². The quantitative estimate of drug-likeness (QED) is 0.796. The van der Waals surface area contributed by atoms with Crippen molar-refractivity contribution in [2.24, 2.45) is 0 Å². The number of aryl methyl sites for hydroxylation is 2. The summed E-state index contributed by atoms with van der Waals surface area (Å²) in [5.74, 6) is 0.208. The molecule has 0 radical (unpaired) electrons. The number of benzene rings is 2. The zero-order chi connectivity index (χ0) is 17.0. The van der Waals surface area contributed by atoms with Crippen molar-refractivity contribution >= 4 is 34.8 Å². The first-order valence-corrected chi connectivity index (χ1v) is 8.19. The van der Waals surface area contributed by atoms with Gasteiger partial charge in [0.15, 0.2) is 6.10 Å². The van der Waals surface area contributed by atoms with Crippen LogP contribution in [-0.4, -0.2) is 12.0 Å². The second-order valence-corrected chi connectivity index (χ2v) is 6.13. The average molecular weight is 352 g/mol. The van der Waals surface area contributed by atoms with Crippen LogP contribution in [0.15, 0.2) is 36.4 Å². The molecule has 1 amide bonds. The number of rotatable bonds is 5. The molecule has 1 unspecified atom stereocenters. The molecule has 0 saturated heterocycles. The summed E-state index contributed by atoms with van der Waals surface area (Å²) in [6.07, 6.45) is 0.160. The number of hydrogen-bond acceptors (Lipinski definition) is 2. The number of halogens is 2. The van der Waals surface area contributed by atoms with Crippen LogP contribution in [0.25, 0.3) is 0 Å². The van der Waals surface area contributed by atoms with Crippen molar-refractivity contribution in [2.75, 3.05) is 5.32 Å². The van der Waals surface area contributed by atoms with E-state index in [0.29, 0.717) is 15.8 Å². The average Bonchev–Trinajstić information content (AvgIpc) is 2.51. The Bertz CT molecular complexity index is 716. The molecule has 0 fully saturated rings. The van der Waals surface area contributed by atoms with E-state index in [1.54, 1.807) is 25.1 Å². The lowest BCUT2D eigenvalue weighted by Gasteiger charge is -2.18. The van der Waals surface area contributed by atoms with Crippen LogP contribution in [0.3, 0.4) is 0 Å². The molecular weight excluding hydrogens is 333 g/mol. The molecule has 1 N–H and O–H groups in total. The van der Waals surface area contributed by atoms with Gasteiger partial charge in [0.25, 0.3) is 5.91 Å². The van der Waals surface area contributed by atoms with E-state index in [2.05, 4.69) is 12.2 Å². The molecule has 0 bridgehead atoms. The number of amides is 1. The van der Waals surface area contributed by atoms with Gasteiger partial charge in [0.1, 0.15) is 5.75 Å². The molecule has 0 aliphatic carbocycles. The van der Waals surface area contributed by atoms with Gasteiger partial charge in [-0.05, 0) is 49.6 Å². The van der Waals surface area contributed by atoms with Crippen LogP contribution < -0.4 is 10.1 Å². The minimum Gasteiger partial charge on any atom is -0.479 e. The molecule has 5 heteroatoms. The molecule has 0 aromatic heterocycles. The van der Waals surface area contributed by atoms with Gasteiger partial charge in [0.05, 0.1) is 5.02 Å². The highest BCUT2D eigenvalue weighted by Crippen LogP contribution is 2.28. The molecule has 0 aliphatic heterocycles. The molecule has 1 atom stereocenters. The van der Waals surface area contributed by atoms with Crippen LogP contribution in [-0.2, 0) is 11.2 Å². The fourth-order valence-corrected chi connectivity index (χ4v) is 2.69. The van der Waals surface area contributed by atoms with Gasteiger partial charge in [-0.2, -0.15) is 0 Å². The number of carbonyl (C=O) groups excluding carboxylic acids is 1. The molecular formula is C18H19Cl2NO2. The van der Waals surface area contributed by atoms with Crippen LogP contribution in [0.2, 0.25) is 10.0 Å². The summed E-state index contributed by atoms with van der Waals surface area (Å²) in [6.45, 7) is 5.71. The highest BCUT2D eigenvalue weighted by Gasteiger charge is 2.18. The summed E-state index contributed by atoms with van der Waals surface area (Å²) in [6, 6.07) is 10.9. The summed E-state index contributed by atoms with van der Waals surface area (Å²) >= 11 is 11.9. The highest BCUT2D eigenvalue weighted by atomic mass is 35.5. The molecule has 122 valence electrons. The molecule has 2 aromatic rings. The molecule has 3 nitrogen and oxygen atoms in total. The monoisotopic (exact) mass is 351 g/mol. The van der Waals surface area contributed by atoms with Gasteiger partial charge < -0.3 is 10.1 Å². The third-order valence-corrected chi connectivity index (χ3v) is 4.09. The third-order valence-electron chi connectivity index (χ3n) is 3.56. The van der Waals surface area contributed by atoms with Crippen LogP contribution in [0, 0.1) is 6.92 Å². The summed E-state index contributed by atoms with van der Waals surface area (Å²) in [4.78, 5) is 12.4. The van der Waals surface area contributed by atoms with Crippen molar-refractivity contribution in [3.63, 3.8) is 0 Å². The summed E-state index contributed by atoms with van der Waals surface area (Å²) in [5.41, 5.74) is 2.96. The fourth-order valence-electron chi connectivity index (χ4n) is 2.24. The number of para-hydroxylation sites is 1. The van der Waals surface area contributed by atoms with Gasteiger partial charge in [-0.3, -0.25) is 4.79 Å². The zero-order valence-corrected chi connectivity index (χ0v) is 14.8. The van der Waals surface area contributed by atoms with Gasteiger partial charge in [0, 0.05) is 10.7 Å². The molecule has 0 saturated carbocycles. The van der Waals surface area contributed by atoms with Crippen molar-refractivity contribution in [1.29, 1.82) is 0 Å². The smallest absolute Gasteiger partial charge is 0.265 e. The summed E-state index contributed by atoms with van der Waals surface area (Å²) in [5, 5.41) is 3.84. The SMILES string of the molecule is CCc1cccc(C)c1NC(=O)C(C)Oc1ccc(Cl)cc1Cl. The van der Waals surface area contributed by atoms with Crippen molar-refractivity contribution in [2.45, 2.75) is 33.3 Å². The molecule has 0 heterocycles. The molecule has 0 aliphatic rings. The lowest BCUT2D eigenvalue weighted by molar-refractivity contribution is -0.122. The first kappa shape index (κ1) is 17.6. The standard InChI is InChI=1S/C18H19Cl2NO2/c1-4-13-7-5-6-11(2)17(13)21-18(22)12(3)23-16-9-8-14(19)10-15(16)20/h5-10,12H,4H2,1-3H3,(H,21,22). The van der Waals surface area contributed by atoms with Crippen molar-refractivity contribution in [1.82, 2.24) is 0 Å².